The Labute approximate surface area is 108 Å². The third-order valence-corrected chi connectivity index (χ3v) is 5.13. The average molecular weight is 395 g/mol. The zero-order valence-corrected chi connectivity index (χ0v) is 12.5. The van der Waals surface area contributed by atoms with Crippen molar-refractivity contribution in [1.82, 2.24) is 0 Å². The summed E-state index contributed by atoms with van der Waals surface area (Å²) in [4.78, 5) is 1.41. The number of rotatable bonds is 2. The molecule has 0 unspecified atom stereocenters. The van der Waals surface area contributed by atoms with Crippen LogP contribution in [0.15, 0.2) is 46.6 Å². The van der Waals surface area contributed by atoms with Gasteiger partial charge in [0.2, 0.25) is 0 Å². The van der Waals surface area contributed by atoms with Gasteiger partial charge in [0.15, 0.2) is 0 Å². The van der Waals surface area contributed by atoms with Crippen molar-refractivity contribution in [3.63, 3.8) is 0 Å². The molecule has 0 spiro atoms. The van der Waals surface area contributed by atoms with Crippen LogP contribution in [0.1, 0.15) is 39.0 Å². The third kappa shape index (κ3) is 6.98. The van der Waals surface area contributed by atoms with E-state index in [-0.39, 0.29) is 0 Å². The molecule has 0 aromatic heterocycles. The van der Waals surface area contributed by atoms with Gasteiger partial charge in [-0.2, -0.15) is 0 Å². The van der Waals surface area contributed by atoms with Gasteiger partial charge < -0.3 is 0 Å². The van der Waals surface area contributed by atoms with Gasteiger partial charge >= 0.3 is 58.3 Å². The van der Waals surface area contributed by atoms with Crippen molar-refractivity contribution in [2.45, 2.75) is 44.0 Å². The molecule has 2 aliphatic carbocycles. The molecule has 2 rings (SSSR count). The van der Waals surface area contributed by atoms with E-state index in [2.05, 4.69) is 49.5 Å². The molecule has 0 atom stereocenters. The molecular formula is C15H22Ir. The fourth-order valence-corrected chi connectivity index (χ4v) is 3.74. The molecule has 2 aliphatic rings. The molecule has 91 valence electrons. The number of hydrogen-bond donors (Lipinski definition) is 0. The van der Waals surface area contributed by atoms with Crippen LogP contribution >= 0.6 is 0 Å². The third-order valence-electron chi connectivity index (χ3n) is 2.31. The zero-order valence-electron chi connectivity index (χ0n) is 10.1. The van der Waals surface area contributed by atoms with Gasteiger partial charge in [0, 0.05) is 0 Å². The fourth-order valence-electron chi connectivity index (χ4n) is 1.51. The Hall–Kier alpha value is -0.391. The van der Waals surface area contributed by atoms with Crippen molar-refractivity contribution in [2.75, 3.05) is 0 Å². The van der Waals surface area contributed by atoms with Crippen molar-refractivity contribution in [3.8, 4) is 0 Å². The van der Waals surface area contributed by atoms with Crippen molar-refractivity contribution in [3.05, 3.63) is 46.6 Å². The molecule has 0 N–H and O–H groups in total. The Morgan fingerprint density at radius 2 is 1.50 bits per heavy atom. The van der Waals surface area contributed by atoms with Gasteiger partial charge in [-0.3, -0.25) is 0 Å². The molecule has 0 fully saturated rings. The minimum absolute atomic E-state index is 0.306. The summed E-state index contributed by atoms with van der Waals surface area (Å²) in [5, 5.41) is 0. The van der Waals surface area contributed by atoms with Crippen LogP contribution in [0.2, 0.25) is 4.93 Å². The van der Waals surface area contributed by atoms with Crippen LogP contribution in [0.25, 0.3) is 0 Å². The molecule has 0 heterocycles. The first-order valence-corrected chi connectivity index (χ1v) is 9.02. The molecule has 0 aromatic rings. The summed E-state index contributed by atoms with van der Waals surface area (Å²) in [5.74, 6) is 0. The van der Waals surface area contributed by atoms with Crippen LogP contribution in [-0.2, 0) is 17.7 Å². The maximum atomic E-state index is 2.28. The normalized spacial score (nSPS) is 22.7. The van der Waals surface area contributed by atoms with Gasteiger partial charge in [0.25, 0.3) is 0 Å². The molecule has 0 bridgehead atoms. The molecule has 0 saturated heterocycles. The van der Waals surface area contributed by atoms with Crippen molar-refractivity contribution in [2.24, 2.45) is 0 Å². The summed E-state index contributed by atoms with van der Waals surface area (Å²) in [6.07, 6.45) is 22.0. The Morgan fingerprint density at radius 1 is 0.938 bits per heavy atom. The molecule has 0 aromatic carbocycles. The molecular weight excluding hydrogens is 372 g/mol. The van der Waals surface area contributed by atoms with E-state index in [0.29, 0.717) is 17.7 Å². The van der Waals surface area contributed by atoms with Crippen LogP contribution in [0.4, 0.5) is 0 Å². The first-order chi connectivity index (χ1) is 7.93. The minimum atomic E-state index is 0.306. The standard InChI is InChI=1S/C8H12.C5H5.C2H5.Ir/c1-2-4-6-8-7-5-3-1;1-2-4-5-3-1;1-2;/h1-2,7-8H,3-6H2;1-3H,4H2;1H2,2H3;/b2-1-,8-7-;;;. The van der Waals surface area contributed by atoms with Crippen LogP contribution in [-0.4, -0.2) is 0 Å². The zero-order chi connectivity index (χ0) is 11.5. The average Bonchev–Trinajstić information content (AvgIpc) is 2.71. The summed E-state index contributed by atoms with van der Waals surface area (Å²) < 4.78 is 1.72. The van der Waals surface area contributed by atoms with Gasteiger partial charge in [-0.05, 0) is 25.7 Å². The molecule has 0 amide bonds. The first kappa shape index (κ1) is 13.7. The van der Waals surface area contributed by atoms with E-state index in [1.807, 2.05) is 0 Å². The molecule has 0 nitrogen and oxygen atoms in total. The topological polar surface area (TPSA) is 0 Å². The second-order valence-electron chi connectivity index (χ2n) is 3.67. The Bertz CT molecular complexity index is 256. The second kappa shape index (κ2) is 9.81. The first-order valence-electron chi connectivity index (χ1n) is 6.13. The van der Waals surface area contributed by atoms with E-state index in [9.17, 15) is 0 Å². The van der Waals surface area contributed by atoms with Crippen molar-refractivity contribution in [1.29, 1.82) is 0 Å². The Kier molecular flexibility index (Phi) is 8.38. The maximum absolute atomic E-state index is 2.28. The number of allylic oxidation sites excluding steroid dienone is 8. The number of hydrogen-bond acceptors (Lipinski definition) is 0. The van der Waals surface area contributed by atoms with Crippen molar-refractivity contribution < 1.29 is 17.7 Å². The molecule has 0 saturated carbocycles. The van der Waals surface area contributed by atoms with Gasteiger partial charge in [0.05, 0.1) is 0 Å². The van der Waals surface area contributed by atoms with E-state index in [1.165, 1.54) is 37.0 Å². The predicted molar refractivity (Wildman–Crippen MR) is 69.1 cm³/mol. The molecule has 1 heteroatoms. The Balaban J connectivity index is 0.000000160. The SMILES string of the molecule is C1=C\CC/C=C\CC/1.C[CH2][Ir][C]1=CC=CC1. The Morgan fingerprint density at radius 3 is 1.88 bits per heavy atom. The van der Waals surface area contributed by atoms with Gasteiger partial charge in [-0.1, -0.05) is 24.3 Å². The van der Waals surface area contributed by atoms with E-state index >= 15 is 0 Å². The predicted octanol–water partition coefficient (Wildman–Crippen LogP) is 5.02. The van der Waals surface area contributed by atoms with E-state index in [4.69, 9.17) is 0 Å². The van der Waals surface area contributed by atoms with E-state index in [0.717, 1.165) is 0 Å². The van der Waals surface area contributed by atoms with E-state index < -0.39 is 0 Å². The van der Waals surface area contributed by atoms with Gasteiger partial charge in [-0.25, -0.2) is 0 Å². The van der Waals surface area contributed by atoms with Crippen LogP contribution < -0.4 is 0 Å². The van der Waals surface area contributed by atoms with Crippen LogP contribution in [0, 0.1) is 0 Å². The van der Waals surface area contributed by atoms with Crippen LogP contribution in [0.3, 0.4) is 0 Å². The second-order valence-corrected chi connectivity index (χ2v) is 7.75. The van der Waals surface area contributed by atoms with Gasteiger partial charge in [-0.15, -0.1) is 0 Å². The summed E-state index contributed by atoms with van der Waals surface area (Å²) in [7, 11) is 0. The fraction of sp³-hybridized carbons (Fsp3) is 0.467. The van der Waals surface area contributed by atoms with Gasteiger partial charge in [0.1, 0.15) is 0 Å². The molecule has 0 radical (unpaired) electrons. The summed E-state index contributed by atoms with van der Waals surface area (Å²) in [6.45, 7) is 2.28. The van der Waals surface area contributed by atoms with Crippen LogP contribution in [0.5, 0.6) is 0 Å². The summed E-state index contributed by atoms with van der Waals surface area (Å²) in [6, 6.07) is 0. The summed E-state index contributed by atoms with van der Waals surface area (Å²) >= 11 is 0.306. The quantitative estimate of drug-likeness (QED) is 0.577. The molecule has 16 heavy (non-hydrogen) atoms. The van der Waals surface area contributed by atoms with Crippen molar-refractivity contribution >= 4 is 0 Å². The molecule has 0 aliphatic heterocycles. The monoisotopic (exact) mass is 395 g/mol. The van der Waals surface area contributed by atoms with E-state index in [1.54, 1.807) is 4.09 Å². The summed E-state index contributed by atoms with van der Waals surface area (Å²) in [5.41, 5.74) is 0.